The first kappa shape index (κ1) is 35.7. The van der Waals surface area contributed by atoms with Gasteiger partial charge in [0, 0.05) is 0 Å². The summed E-state index contributed by atoms with van der Waals surface area (Å²) in [5.74, 6) is -7.28. The van der Waals surface area contributed by atoms with Gasteiger partial charge in [-0.2, -0.15) is 0 Å². The van der Waals surface area contributed by atoms with Gasteiger partial charge in [-0.3, -0.25) is 9.59 Å². The van der Waals surface area contributed by atoms with E-state index in [1.165, 1.54) is 13.8 Å². The first-order valence-electron chi connectivity index (χ1n) is 14.3. The maximum Gasteiger partial charge on any atom is 0.343 e. The van der Waals surface area contributed by atoms with Crippen LogP contribution >= 0.6 is 0 Å². The second-order valence-corrected chi connectivity index (χ2v) is 14.1. The normalized spacial score (nSPS) is 14.6. The van der Waals surface area contributed by atoms with E-state index in [2.05, 4.69) is 13.8 Å². The Morgan fingerprint density at radius 3 is 1.12 bits per heavy atom. The number of carbonyl (C=O) groups is 4. The summed E-state index contributed by atoms with van der Waals surface area (Å²) >= 11 is 0. The second-order valence-electron chi connectivity index (χ2n) is 9.68. The van der Waals surface area contributed by atoms with Crippen molar-refractivity contribution in [1.82, 2.24) is 0 Å². The molecular formula is C28H44O10S2. The minimum absolute atomic E-state index is 0.151. The Balaban J connectivity index is 3.35. The van der Waals surface area contributed by atoms with E-state index in [9.17, 15) is 36.0 Å². The smallest absolute Gasteiger partial charge is 0.343 e. The average Bonchev–Trinajstić information content (AvgIpc) is 2.92. The molecule has 0 aromatic rings. The molecule has 1 rings (SSSR count). The van der Waals surface area contributed by atoms with Crippen molar-refractivity contribution in [1.29, 1.82) is 0 Å². The topological polar surface area (TPSA) is 155 Å². The Bertz CT molecular complexity index is 1100. The highest BCUT2D eigenvalue weighted by atomic mass is 32.2. The predicted molar refractivity (Wildman–Crippen MR) is 152 cm³/mol. The maximum absolute atomic E-state index is 13.5. The van der Waals surface area contributed by atoms with Gasteiger partial charge in [0.15, 0.2) is 19.7 Å². The third-order valence-corrected chi connectivity index (χ3v) is 10.1. The molecule has 1 aliphatic rings. The van der Waals surface area contributed by atoms with Gasteiger partial charge in [0.2, 0.25) is 11.6 Å². The third-order valence-electron chi connectivity index (χ3n) is 6.57. The SMILES string of the molecule is CCCCCCCCOC(=O)C1=C(S(=O)(=O)CC)C(=O)C(C(=O)OCCCCCCCC)=C(S(=O)(=O)CC)C1=O. The zero-order valence-corrected chi connectivity index (χ0v) is 25.8. The summed E-state index contributed by atoms with van der Waals surface area (Å²) in [4.78, 5) is 50.4. The first-order chi connectivity index (χ1) is 18.9. The van der Waals surface area contributed by atoms with Gasteiger partial charge < -0.3 is 9.47 Å². The molecule has 0 N–H and O–H groups in total. The fraction of sp³-hybridized carbons (Fsp3) is 0.714. The van der Waals surface area contributed by atoms with E-state index in [1.807, 2.05) is 0 Å². The summed E-state index contributed by atoms with van der Waals surface area (Å²) in [5, 5.41) is 0. The molecule has 0 atom stereocenters. The van der Waals surface area contributed by atoms with E-state index in [1.54, 1.807) is 0 Å². The van der Waals surface area contributed by atoms with Crippen molar-refractivity contribution >= 4 is 43.2 Å². The van der Waals surface area contributed by atoms with Crippen molar-refractivity contribution in [2.24, 2.45) is 0 Å². The molecule has 0 radical (unpaired) electrons. The highest BCUT2D eigenvalue weighted by Crippen LogP contribution is 2.33. The van der Waals surface area contributed by atoms with Crippen LogP contribution in [-0.4, -0.2) is 65.1 Å². The van der Waals surface area contributed by atoms with Crippen LogP contribution in [0, 0.1) is 0 Å². The van der Waals surface area contributed by atoms with Gasteiger partial charge >= 0.3 is 11.9 Å². The van der Waals surface area contributed by atoms with E-state index >= 15 is 0 Å². The maximum atomic E-state index is 13.5. The Morgan fingerprint density at radius 1 is 0.525 bits per heavy atom. The number of unbranched alkanes of at least 4 members (excludes halogenated alkanes) is 10. The molecule has 0 amide bonds. The quantitative estimate of drug-likeness (QED) is 0.0849. The summed E-state index contributed by atoms with van der Waals surface area (Å²) in [6.45, 7) is 6.23. The highest BCUT2D eigenvalue weighted by molar-refractivity contribution is 7.97. The molecular weight excluding hydrogens is 560 g/mol. The number of allylic oxidation sites excluding steroid dienone is 2. The fourth-order valence-corrected chi connectivity index (χ4v) is 6.47. The monoisotopic (exact) mass is 604 g/mol. The molecule has 0 aromatic heterocycles. The number of sulfone groups is 2. The number of hydrogen-bond donors (Lipinski definition) is 0. The molecule has 10 nitrogen and oxygen atoms in total. The minimum atomic E-state index is -4.55. The third kappa shape index (κ3) is 9.94. The van der Waals surface area contributed by atoms with E-state index < -0.39 is 75.6 Å². The molecule has 0 fully saturated rings. The summed E-state index contributed by atoms with van der Waals surface area (Å²) < 4.78 is 61.9. The van der Waals surface area contributed by atoms with Gasteiger partial charge in [-0.25, -0.2) is 26.4 Å². The predicted octanol–water partition coefficient (Wildman–Crippen LogP) is 4.32. The number of Topliss-reactive ketones (excluding diaryl/α,β-unsaturated/α-hetero) is 2. The number of hydrogen-bond acceptors (Lipinski definition) is 10. The van der Waals surface area contributed by atoms with Crippen LogP contribution < -0.4 is 0 Å². The van der Waals surface area contributed by atoms with Gasteiger partial charge in [-0.1, -0.05) is 91.9 Å². The van der Waals surface area contributed by atoms with Crippen LogP contribution in [0.15, 0.2) is 21.0 Å². The second kappa shape index (κ2) is 17.5. The van der Waals surface area contributed by atoms with Gasteiger partial charge in [0.1, 0.15) is 21.0 Å². The summed E-state index contributed by atoms with van der Waals surface area (Å²) in [5.41, 5.74) is -2.37. The fourth-order valence-electron chi connectivity index (χ4n) is 4.15. The number of ketones is 2. The van der Waals surface area contributed by atoms with Gasteiger partial charge in [-0.05, 0) is 12.8 Å². The van der Waals surface area contributed by atoms with E-state index in [0.717, 1.165) is 64.2 Å². The molecule has 0 aliphatic heterocycles. The molecule has 0 saturated carbocycles. The Kier molecular flexibility index (Phi) is 15.6. The summed E-state index contributed by atoms with van der Waals surface area (Å²) in [6.07, 6.45) is 10.4. The molecule has 0 saturated heterocycles. The lowest BCUT2D eigenvalue weighted by atomic mass is 9.96. The average molecular weight is 605 g/mol. The Labute approximate surface area is 238 Å². The number of esters is 2. The molecule has 0 heterocycles. The molecule has 12 heteroatoms. The van der Waals surface area contributed by atoms with Crippen LogP contribution in [0.5, 0.6) is 0 Å². The molecule has 0 bridgehead atoms. The van der Waals surface area contributed by atoms with Crippen LogP contribution in [0.3, 0.4) is 0 Å². The molecule has 0 spiro atoms. The van der Waals surface area contributed by atoms with Crippen molar-refractivity contribution in [3.8, 4) is 0 Å². The lowest BCUT2D eigenvalue weighted by molar-refractivity contribution is -0.143. The number of carbonyl (C=O) groups excluding carboxylic acids is 4. The van der Waals surface area contributed by atoms with Crippen molar-refractivity contribution in [2.45, 2.75) is 105 Å². The lowest BCUT2D eigenvalue weighted by Crippen LogP contribution is -2.38. The number of ether oxygens (including phenoxy) is 2. The van der Waals surface area contributed by atoms with Crippen molar-refractivity contribution in [2.75, 3.05) is 24.7 Å². The molecule has 1 aliphatic carbocycles. The molecule has 0 unspecified atom stereocenters. The van der Waals surface area contributed by atoms with Crippen LogP contribution in [0.2, 0.25) is 0 Å². The van der Waals surface area contributed by atoms with Crippen LogP contribution in [0.25, 0.3) is 0 Å². The summed E-state index contributed by atoms with van der Waals surface area (Å²) in [7, 11) is -9.10. The Morgan fingerprint density at radius 2 is 0.825 bits per heavy atom. The van der Waals surface area contributed by atoms with Crippen LogP contribution in [0.1, 0.15) is 105 Å². The Hall–Kier alpha value is -2.34. The van der Waals surface area contributed by atoms with Crippen molar-refractivity contribution < 1.29 is 45.5 Å². The van der Waals surface area contributed by atoms with E-state index in [4.69, 9.17) is 9.47 Å². The first-order valence-corrected chi connectivity index (χ1v) is 17.6. The minimum Gasteiger partial charge on any atom is -0.462 e. The molecule has 0 aromatic carbocycles. The largest absolute Gasteiger partial charge is 0.462 e. The number of rotatable bonds is 20. The summed E-state index contributed by atoms with van der Waals surface area (Å²) in [6, 6.07) is 0. The van der Waals surface area contributed by atoms with Crippen molar-refractivity contribution in [3.63, 3.8) is 0 Å². The lowest BCUT2D eigenvalue weighted by Gasteiger charge is -2.21. The van der Waals surface area contributed by atoms with Crippen molar-refractivity contribution in [3.05, 3.63) is 21.0 Å². The molecule has 40 heavy (non-hydrogen) atoms. The standard InChI is InChI=1S/C28H44O10S2/c1-5-9-11-13-15-17-19-37-27(31)21-23(29)26(40(35,36)8-4)22(24(30)25(21)39(33,34)7-3)28(32)38-20-18-16-14-12-10-6-2/h5-20H2,1-4H3. The van der Waals surface area contributed by atoms with E-state index in [-0.39, 0.29) is 13.2 Å². The highest BCUT2D eigenvalue weighted by Gasteiger charge is 2.49. The zero-order chi connectivity index (χ0) is 30.3. The van der Waals surface area contributed by atoms with E-state index in [0.29, 0.717) is 12.8 Å². The molecule has 228 valence electrons. The van der Waals surface area contributed by atoms with Crippen LogP contribution in [0.4, 0.5) is 0 Å². The van der Waals surface area contributed by atoms with Gasteiger partial charge in [0.05, 0.1) is 24.7 Å². The van der Waals surface area contributed by atoms with Gasteiger partial charge in [0.25, 0.3) is 0 Å². The zero-order valence-electron chi connectivity index (χ0n) is 24.2. The van der Waals surface area contributed by atoms with Gasteiger partial charge in [-0.15, -0.1) is 0 Å². The van der Waals surface area contributed by atoms with Crippen LogP contribution in [-0.2, 0) is 48.3 Å².